The summed E-state index contributed by atoms with van der Waals surface area (Å²) < 4.78 is 0. The van der Waals surface area contributed by atoms with Crippen LogP contribution in [-0.4, -0.2) is 48.3 Å². The molecule has 0 spiro atoms. The Morgan fingerprint density at radius 1 is 1.12 bits per heavy atom. The fourth-order valence-corrected chi connectivity index (χ4v) is 2.75. The maximum Gasteiger partial charge on any atom is 0.234 e. The van der Waals surface area contributed by atoms with E-state index in [1.165, 1.54) is 13.8 Å². The van der Waals surface area contributed by atoms with Gasteiger partial charge in [-0.15, -0.1) is 0 Å². The normalized spacial score (nSPS) is 17.3. The third kappa shape index (κ3) is 6.00. The van der Waals surface area contributed by atoms with E-state index in [1.54, 1.807) is 12.1 Å². The van der Waals surface area contributed by atoms with Crippen LogP contribution in [0.2, 0.25) is 0 Å². The number of rotatable bonds is 6. The van der Waals surface area contributed by atoms with Gasteiger partial charge in [-0.2, -0.15) is 0 Å². The van der Waals surface area contributed by atoms with E-state index in [0.717, 1.165) is 24.2 Å². The molecule has 3 amide bonds. The molecule has 0 bridgehead atoms. The molecule has 1 aromatic carbocycles. The maximum atomic E-state index is 12.0. The van der Waals surface area contributed by atoms with Crippen LogP contribution in [0.25, 0.3) is 0 Å². The number of amides is 3. The Hall–Kier alpha value is -2.41. The Balaban J connectivity index is 1.71. The first kappa shape index (κ1) is 17.9. The number of carbonyl (C=O) groups excluding carboxylic acids is 3. The third-order valence-electron chi connectivity index (χ3n) is 3.81. The summed E-state index contributed by atoms with van der Waals surface area (Å²) >= 11 is 0. The molecule has 3 N–H and O–H groups in total. The fraction of sp³-hybridized carbons (Fsp3) is 0.471. The number of likely N-dealkylation sites (tertiary alicyclic amines) is 1. The van der Waals surface area contributed by atoms with Crippen molar-refractivity contribution in [3.8, 4) is 0 Å². The molecule has 1 atom stereocenters. The molecule has 0 radical (unpaired) electrons. The van der Waals surface area contributed by atoms with E-state index in [0.29, 0.717) is 19.6 Å². The minimum Gasteiger partial charge on any atom is -0.352 e. The lowest BCUT2D eigenvalue weighted by molar-refractivity contribution is -0.122. The Bertz CT molecular complexity index is 600. The van der Waals surface area contributed by atoms with Crippen LogP contribution >= 0.6 is 0 Å². The molecule has 7 nitrogen and oxygen atoms in total. The van der Waals surface area contributed by atoms with Gasteiger partial charge in [0.15, 0.2) is 0 Å². The summed E-state index contributed by atoms with van der Waals surface area (Å²) in [7, 11) is 0. The van der Waals surface area contributed by atoms with Gasteiger partial charge in [0.25, 0.3) is 0 Å². The predicted molar refractivity (Wildman–Crippen MR) is 91.3 cm³/mol. The van der Waals surface area contributed by atoms with Crippen molar-refractivity contribution in [2.24, 2.45) is 0 Å². The van der Waals surface area contributed by atoms with Gasteiger partial charge in [0.1, 0.15) is 0 Å². The molecular weight excluding hydrogens is 308 g/mol. The van der Waals surface area contributed by atoms with Crippen molar-refractivity contribution in [1.29, 1.82) is 0 Å². The summed E-state index contributed by atoms with van der Waals surface area (Å²) in [5.41, 5.74) is 1.70. The van der Waals surface area contributed by atoms with Crippen LogP contribution < -0.4 is 16.0 Å². The Kier molecular flexibility index (Phi) is 6.31. The number of carbonyl (C=O) groups is 3. The minimum atomic E-state index is -0.112. The van der Waals surface area contributed by atoms with Crippen molar-refractivity contribution >= 4 is 23.4 Å². The SMILES string of the molecule is CC(=O)Nc1ccc(CNC(=O)CN2CC[C@H](NC(C)=O)C2)cc1. The van der Waals surface area contributed by atoms with Crippen LogP contribution in [-0.2, 0) is 20.9 Å². The first-order valence-corrected chi connectivity index (χ1v) is 8.05. The molecule has 1 heterocycles. The highest BCUT2D eigenvalue weighted by molar-refractivity contribution is 5.88. The number of nitrogens with zero attached hydrogens (tertiary/aromatic N) is 1. The summed E-state index contributed by atoms with van der Waals surface area (Å²) in [6.45, 7) is 5.26. The zero-order valence-electron chi connectivity index (χ0n) is 14.1. The molecule has 0 aromatic heterocycles. The minimum absolute atomic E-state index is 0.0333. The average Bonchev–Trinajstić information content (AvgIpc) is 2.92. The lowest BCUT2D eigenvalue weighted by Crippen LogP contribution is -2.39. The summed E-state index contributed by atoms with van der Waals surface area (Å²) in [6, 6.07) is 7.49. The highest BCUT2D eigenvalue weighted by Gasteiger charge is 2.24. The van der Waals surface area contributed by atoms with Crippen LogP contribution in [0.15, 0.2) is 24.3 Å². The molecule has 1 aliphatic heterocycles. The zero-order valence-corrected chi connectivity index (χ0v) is 14.1. The van der Waals surface area contributed by atoms with Gasteiger partial charge in [0, 0.05) is 45.2 Å². The molecule has 7 heteroatoms. The highest BCUT2D eigenvalue weighted by Crippen LogP contribution is 2.10. The van der Waals surface area contributed by atoms with Crippen LogP contribution in [0.3, 0.4) is 0 Å². The van der Waals surface area contributed by atoms with Crippen molar-refractivity contribution in [2.45, 2.75) is 32.9 Å². The second-order valence-corrected chi connectivity index (χ2v) is 6.08. The first-order valence-electron chi connectivity index (χ1n) is 8.05. The smallest absolute Gasteiger partial charge is 0.234 e. The summed E-state index contributed by atoms with van der Waals surface area (Å²) in [5, 5.41) is 8.47. The van der Waals surface area contributed by atoms with Crippen molar-refractivity contribution in [2.75, 3.05) is 25.0 Å². The maximum absolute atomic E-state index is 12.0. The molecule has 130 valence electrons. The van der Waals surface area contributed by atoms with E-state index >= 15 is 0 Å². The van der Waals surface area contributed by atoms with Crippen molar-refractivity contribution in [3.63, 3.8) is 0 Å². The fourth-order valence-electron chi connectivity index (χ4n) is 2.75. The Morgan fingerprint density at radius 2 is 1.83 bits per heavy atom. The van der Waals surface area contributed by atoms with E-state index in [1.807, 2.05) is 17.0 Å². The van der Waals surface area contributed by atoms with Crippen molar-refractivity contribution < 1.29 is 14.4 Å². The van der Waals surface area contributed by atoms with E-state index < -0.39 is 0 Å². The van der Waals surface area contributed by atoms with Crippen LogP contribution in [0.4, 0.5) is 5.69 Å². The summed E-state index contributed by atoms with van der Waals surface area (Å²) in [5.74, 6) is -0.183. The average molecular weight is 332 g/mol. The molecule has 0 saturated carbocycles. The van der Waals surface area contributed by atoms with E-state index in [4.69, 9.17) is 0 Å². The monoisotopic (exact) mass is 332 g/mol. The lowest BCUT2D eigenvalue weighted by Gasteiger charge is -2.16. The van der Waals surface area contributed by atoms with Gasteiger partial charge in [-0.3, -0.25) is 19.3 Å². The quantitative estimate of drug-likeness (QED) is 0.706. The second kappa shape index (κ2) is 8.44. The molecule has 1 aromatic rings. The van der Waals surface area contributed by atoms with Crippen LogP contribution in [0.5, 0.6) is 0 Å². The standard InChI is InChI=1S/C17H24N4O3/c1-12(22)19-15-5-3-14(4-6-15)9-18-17(24)11-21-8-7-16(10-21)20-13(2)23/h3-6,16H,7-11H2,1-2H3,(H,18,24)(H,19,22)(H,20,23)/t16-/m0/s1. The van der Waals surface area contributed by atoms with Gasteiger partial charge in [0.2, 0.25) is 17.7 Å². The third-order valence-corrected chi connectivity index (χ3v) is 3.81. The Morgan fingerprint density at radius 3 is 2.46 bits per heavy atom. The topological polar surface area (TPSA) is 90.5 Å². The largest absolute Gasteiger partial charge is 0.352 e. The molecule has 1 saturated heterocycles. The number of nitrogens with one attached hydrogen (secondary N) is 3. The first-order chi connectivity index (χ1) is 11.4. The summed E-state index contributed by atoms with van der Waals surface area (Å²) in [4.78, 5) is 36.1. The van der Waals surface area contributed by atoms with Crippen LogP contribution in [0, 0.1) is 0 Å². The Labute approximate surface area is 141 Å². The van der Waals surface area contributed by atoms with Crippen molar-refractivity contribution in [3.05, 3.63) is 29.8 Å². The van der Waals surface area contributed by atoms with Gasteiger partial charge in [-0.1, -0.05) is 12.1 Å². The zero-order chi connectivity index (χ0) is 17.5. The molecule has 0 unspecified atom stereocenters. The predicted octanol–water partition coefficient (Wildman–Crippen LogP) is 0.472. The number of hydrogen-bond acceptors (Lipinski definition) is 4. The van der Waals surface area contributed by atoms with Gasteiger partial charge >= 0.3 is 0 Å². The number of hydrogen-bond donors (Lipinski definition) is 3. The molecule has 2 rings (SSSR count). The van der Waals surface area contributed by atoms with E-state index in [9.17, 15) is 14.4 Å². The van der Waals surface area contributed by atoms with Crippen LogP contribution in [0.1, 0.15) is 25.8 Å². The second-order valence-electron chi connectivity index (χ2n) is 6.08. The molecule has 1 aliphatic rings. The molecule has 0 aliphatic carbocycles. The molecular formula is C17H24N4O3. The molecule has 24 heavy (non-hydrogen) atoms. The van der Waals surface area contributed by atoms with Gasteiger partial charge < -0.3 is 16.0 Å². The van der Waals surface area contributed by atoms with E-state index in [2.05, 4.69) is 16.0 Å². The van der Waals surface area contributed by atoms with Crippen molar-refractivity contribution in [1.82, 2.24) is 15.5 Å². The summed E-state index contributed by atoms with van der Waals surface area (Å²) in [6.07, 6.45) is 0.872. The van der Waals surface area contributed by atoms with Gasteiger partial charge in [0.05, 0.1) is 6.54 Å². The van der Waals surface area contributed by atoms with E-state index in [-0.39, 0.29) is 23.8 Å². The highest BCUT2D eigenvalue weighted by atomic mass is 16.2. The number of anilines is 1. The van der Waals surface area contributed by atoms with Gasteiger partial charge in [-0.05, 0) is 24.1 Å². The molecule has 1 fully saturated rings. The number of benzene rings is 1. The van der Waals surface area contributed by atoms with Gasteiger partial charge in [-0.25, -0.2) is 0 Å². The lowest BCUT2D eigenvalue weighted by atomic mass is 10.2.